The number of aromatic nitrogens is 3. The minimum absolute atomic E-state index is 0. The molecule has 29 heavy (non-hydrogen) atoms. The Morgan fingerprint density at radius 3 is 2.83 bits per heavy atom. The first-order chi connectivity index (χ1) is 13.0. The van der Waals surface area contributed by atoms with Gasteiger partial charge in [0.05, 0.1) is 17.9 Å². The van der Waals surface area contributed by atoms with Gasteiger partial charge in [-0.15, -0.1) is 36.2 Å². The molecule has 3 aromatic rings. The van der Waals surface area contributed by atoms with E-state index in [1.807, 2.05) is 31.1 Å². The number of thiazole rings is 1. The number of hydrogen-bond donors (Lipinski definition) is 1. The van der Waals surface area contributed by atoms with E-state index < -0.39 is 0 Å². The zero-order valence-electron chi connectivity index (χ0n) is 16.0. The summed E-state index contributed by atoms with van der Waals surface area (Å²) in [5.74, 6) is -0.353. The predicted octanol–water partition coefficient (Wildman–Crippen LogP) is 3.62. The molecule has 1 aliphatic heterocycles. The maximum Gasteiger partial charge on any atom is 0.266 e. The summed E-state index contributed by atoms with van der Waals surface area (Å²) in [7, 11) is 1.85. The second-order valence-electron chi connectivity index (χ2n) is 6.61. The van der Waals surface area contributed by atoms with Gasteiger partial charge in [-0.3, -0.25) is 9.48 Å². The van der Waals surface area contributed by atoms with Gasteiger partial charge in [0.2, 0.25) is 0 Å². The molecule has 1 unspecified atom stereocenters. The summed E-state index contributed by atoms with van der Waals surface area (Å²) < 4.78 is 15.4. The average Bonchev–Trinajstić information content (AvgIpc) is 3.27. The summed E-state index contributed by atoms with van der Waals surface area (Å²) in [4.78, 5) is 20.3. The molecule has 1 fully saturated rings. The molecule has 4 rings (SSSR count). The van der Waals surface area contributed by atoms with Crippen molar-refractivity contribution in [1.29, 1.82) is 0 Å². The summed E-state index contributed by atoms with van der Waals surface area (Å²) in [6.07, 6.45) is 3.62. The smallest absolute Gasteiger partial charge is 0.266 e. The monoisotopic (exact) mass is 457 g/mol. The quantitative estimate of drug-likeness (QED) is 0.652. The van der Waals surface area contributed by atoms with Crippen LogP contribution in [0.3, 0.4) is 0 Å². The normalized spacial score (nSPS) is 16.1. The average molecular weight is 458 g/mol. The van der Waals surface area contributed by atoms with Gasteiger partial charge in [-0.25, -0.2) is 9.37 Å². The fourth-order valence-corrected chi connectivity index (χ4v) is 4.34. The minimum Gasteiger partial charge on any atom is -0.328 e. The van der Waals surface area contributed by atoms with Gasteiger partial charge in [-0.1, -0.05) is 12.1 Å². The molecule has 6 nitrogen and oxygen atoms in total. The van der Waals surface area contributed by atoms with Crippen LogP contribution in [0.25, 0.3) is 10.6 Å². The van der Waals surface area contributed by atoms with Crippen LogP contribution in [0.4, 0.5) is 4.39 Å². The van der Waals surface area contributed by atoms with Gasteiger partial charge in [0.1, 0.15) is 15.7 Å². The third-order valence-electron chi connectivity index (χ3n) is 4.68. The maximum absolute atomic E-state index is 13.7. The molecule has 156 valence electrons. The van der Waals surface area contributed by atoms with Crippen molar-refractivity contribution in [3.63, 3.8) is 0 Å². The lowest BCUT2D eigenvalue weighted by molar-refractivity contribution is 0.0638. The van der Waals surface area contributed by atoms with E-state index in [-0.39, 0.29) is 42.6 Å². The van der Waals surface area contributed by atoms with Crippen molar-refractivity contribution in [3.05, 3.63) is 58.6 Å². The molecule has 0 bridgehead atoms. The minimum atomic E-state index is -0.293. The van der Waals surface area contributed by atoms with Crippen LogP contribution in [0.1, 0.15) is 27.0 Å². The zero-order valence-corrected chi connectivity index (χ0v) is 18.4. The van der Waals surface area contributed by atoms with E-state index in [0.29, 0.717) is 30.2 Å². The van der Waals surface area contributed by atoms with Gasteiger partial charge in [-0.2, -0.15) is 5.10 Å². The summed E-state index contributed by atoms with van der Waals surface area (Å²) in [6, 6.07) is 6.25. The second-order valence-corrected chi connectivity index (χ2v) is 7.61. The number of piperazine rings is 1. The van der Waals surface area contributed by atoms with E-state index in [0.717, 1.165) is 16.1 Å². The van der Waals surface area contributed by atoms with Crippen LogP contribution in [-0.2, 0) is 7.05 Å². The van der Waals surface area contributed by atoms with Gasteiger partial charge >= 0.3 is 0 Å². The third kappa shape index (κ3) is 4.78. The Morgan fingerprint density at radius 2 is 2.14 bits per heavy atom. The Bertz CT molecular complexity index is 993. The highest BCUT2D eigenvalue weighted by Gasteiger charge is 2.31. The van der Waals surface area contributed by atoms with Crippen molar-refractivity contribution < 1.29 is 9.18 Å². The van der Waals surface area contributed by atoms with Crippen molar-refractivity contribution in [2.75, 3.05) is 19.6 Å². The molecule has 0 spiro atoms. The molecule has 1 atom stereocenters. The fraction of sp³-hybridized carbons (Fsp3) is 0.316. The Kier molecular flexibility index (Phi) is 7.76. The van der Waals surface area contributed by atoms with Crippen molar-refractivity contribution in [2.45, 2.75) is 13.0 Å². The Labute approximate surface area is 185 Å². The molecular weight excluding hydrogens is 436 g/mol. The molecule has 1 saturated heterocycles. The van der Waals surface area contributed by atoms with Crippen LogP contribution in [0.5, 0.6) is 0 Å². The molecule has 1 N–H and O–H groups in total. The van der Waals surface area contributed by atoms with Crippen LogP contribution in [-0.4, -0.2) is 45.2 Å². The molecular formula is C19H22Cl2FN5OS. The van der Waals surface area contributed by atoms with E-state index in [4.69, 9.17) is 0 Å². The molecule has 3 heterocycles. The first-order valence-electron chi connectivity index (χ1n) is 8.76. The van der Waals surface area contributed by atoms with Crippen molar-refractivity contribution in [1.82, 2.24) is 25.0 Å². The number of carbonyl (C=O) groups excluding carboxylic acids is 1. The third-order valence-corrected chi connectivity index (χ3v) is 5.87. The van der Waals surface area contributed by atoms with Crippen molar-refractivity contribution in [3.8, 4) is 10.6 Å². The van der Waals surface area contributed by atoms with Crippen LogP contribution < -0.4 is 5.32 Å². The maximum atomic E-state index is 13.7. The number of hydrogen-bond acceptors (Lipinski definition) is 5. The molecule has 2 aromatic heterocycles. The van der Waals surface area contributed by atoms with Crippen LogP contribution in [0.15, 0.2) is 36.7 Å². The Hall–Kier alpha value is -2.00. The molecule has 1 aromatic carbocycles. The highest BCUT2D eigenvalue weighted by molar-refractivity contribution is 7.17. The molecule has 10 heteroatoms. The number of amides is 1. The predicted molar refractivity (Wildman–Crippen MR) is 117 cm³/mol. The first-order valence-corrected chi connectivity index (χ1v) is 9.58. The molecule has 0 saturated carbocycles. The largest absolute Gasteiger partial charge is 0.328 e. The van der Waals surface area contributed by atoms with Gasteiger partial charge in [0, 0.05) is 38.4 Å². The number of nitrogens with one attached hydrogen (secondary N) is 1. The van der Waals surface area contributed by atoms with E-state index in [2.05, 4.69) is 15.4 Å². The molecule has 0 aliphatic carbocycles. The fourth-order valence-electron chi connectivity index (χ4n) is 3.34. The number of rotatable bonds is 3. The van der Waals surface area contributed by atoms with Gasteiger partial charge in [0.25, 0.3) is 5.91 Å². The lowest BCUT2D eigenvalue weighted by Crippen LogP contribution is -2.48. The summed E-state index contributed by atoms with van der Waals surface area (Å²) in [5, 5.41) is 8.25. The van der Waals surface area contributed by atoms with E-state index in [1.54, 1.807) is 16.9 Å². The summed E-state index contributed by atoms with van der Waals surface area (Å²) in [6.45, 7) is 3.73. The highest BCUT2D eigenvalue weighted by Crippen LogP contribution is 2.31. The zero-order chi connectivity index (χ0) is 19.0. The number of carbonyl (C=O) groups is 1. The van der Waals surface area contributed by atoms with Gasteiger partial charge < -0.3 is 10.2 Å². The lowest BCUT2D eigenvalue weighted by Gasteiger charge is -2.36. The highest BCUT2D eigenvalue weighted by atomic mass is 35.5. The molecule has 1 aliphatic rings. The number of nitrogens with zero attached hydrogens (tertiary/aromatic N) is 4. The Balaban J connectivity index is 0.00000150. The number of halogens is 3. The first kappa shape index (κ1) is 23.3. The summed E-state index contributed by atoms with van der Waals surface area (Å²) in [5.41, 5.74) is 2.40. The van der Waals surface area contributed by atoms with Gasteiger partial charge in [-0.05, 0) is 24.6 Å². The standard InChI is InChI=1S/C19H20FN5OS.2ClH/c1-12-17(27-18(23-12)14-9-22-24(2)11-14)19(26)25-7-6-21-10-16(25)13-4-3-5-15(20)8-13;;/h3-5,8-9,11,16,21H,6-7,10H2,1-2H3;2*1H. The van der Waals surface area contributed by atoms with Crippen LogP contribution in [0, 0.1) is 12.7 Å². The lowest BCUT2D eigenvalue weighted by atomic mass is 10.0. The second kappa shape index (κ2) is 9.67. The van der Waals surface area contributed by atoms with Crippen LogP contribution >= 0.6 is 36.2 Å². The van der Waals surface area contributed by atoms with E-state index in [9.17, 15) is 9.18 Å². The molecule has 1 amide bonds. The van der Waals surface area contributed by atoms with Crippen LogP contribution in [0.2, 0.25) is 0 Å². The van der Waals surface area contributed by atoms with E-state index >= 15 is 0 Å². The molecule has 0 radical (unpaired) electrons. The SMILES string of the molecule is Cc1nc(-c2cnn(C)c2)sc1C(=O)N1CCNCC1c1cccc(F)c1.Cl.Cl. The Morgan fingerprint density at radius 1 is 1.34 bits per heavy atom. The van der Waals surface area contributed by atoms with Crippen molar-refractivity contribution >= 4 is 42.1 Å². The topological polar surface area (TPSA) is 63.1 Å². The number of benzene rings is 1. The van der Waals surface area contributed by atoms with E-state index in [1.165, 1.54) is 23.5 Å². The van der Waals surface area contributed by atoms with Crippen molar-refractivity contribution in [2.24, 2.45) is 7.05 Å². The van der Waals surface area contributed by atoms with Gasteiger partial charge in [0.15, 0.2) is 0 Å². The number of aryl methyl sites for hydroxylation is 2. The summed E-state index contributed by atoms with van der Waals surface area (Å²) >= 11 is 1.38.